The summed E-state index contributed by atoms with van der Waals surface area (Å²) in [5.41, 5.74) is -0.456. The average molecular weight is 397 g/mol. The number of esters is 1. The van der Waals surface area contributed by atoms with Gasteiger partial charge in [-0.1, -0.05) is 0 Å². The maximum Gasteiger partial charge on any atom is 0.341 e. The highest BCUT2D eigenvalue weighted by Gasteiger charge is 2.22. The molecule has 0 aliphatic rings. The summed E-state index contributed by atoms with van der Waals surface area (Å²) in [6.45, 7) is -0.0790. The molecule has 0 aliphatic heterocycles. The van der Waals surface area contributed by atoms with Crippen LogP contribution in [0, 0.1) is 5.82 Å². The van der Waals surface area contributed by atoms with Gasteiger partial charge in [0.2, 0.25) is 10.0 Å². The van der Waals surface area contributed by atoms with Gasteiger partial charge in [-0.3, -0.25) is 0 Å². The van der Waals surface area contributed by atoms with Crippen molar-refractivity contribution in [3.63, 3.8) is 0 Å². The van der Waals surface area contributed by atoms with E-state index in [2.05, 4.69) is 0 Å². The topological polar surface area (TPSA) is 82.1 Å². The zero-order valence-electron chi connectivity index (χ0n) is 15.1. The molecular formula is C18H20FNO6S. The Morgan fingerprint density at radius 2 is 1.67 bits per heavy atom. The number of ether oxygens (including phenoxy) is 3. The van der Waals surface area contributed by atoms with Gasteiger partial charge in [-0.05, 0) is 42.5 Å². The highest BCUT2D eigenvalue weighted by atomic mass is 32.2. The molecule has 2 aromatic carbocycles. The van der Waals surface area contributed by atoms with Crippen LogP contribution in [-0.2, 0) is 14.8 Å². The third-order valence-electron chi connectivity index (χ3n) is 3.58. The number of sulfonamides is 1. The lowest BCUT2D eigenvalue weighted by Gasteiger charge is -2.13. The molecule has 0 heterocycles. The van der Waals surface area contributed by atoms with Gasteiger partial charge in [-0.15, -0.1) is 0 Å². The average Bonchev–Trinajstić information content (AvgIpc) is 2.65. The third-order valence-corrected chi connectivity index (χ3v) is 5.39. The molecule has 0 radical (unpaired) electrons. The maximum absolute atomic E-state index is 13.9. The molecule has 2 rings (SSSR count). The second-order valence-corrected chi connectivity index (χ2v) is 7.74. The van der Waals surface area contributed by atoms with E-state index >= 15 is 0 Å². The van der Waals surface area contributed by atoms with Crippen LogP contribution in [0.15, 0.2) is 47.4 Å². The van der Waals surface area contributed by atoms with Crippen molar-refractivity contribution in [2.75, 3.05) is 34.4 Å². The first-order valence-corrected chi connectivity index (χ1v) is 9.36. The van der Waals surface area contributed by atoms with E-state index in [1.54, 1.807) is 31.4 Å². The van der Waals surface area contributed by atoms with Crippen LogP contribution in [0.2, 0.25) is 0 Å². The monoisotopic (exact) mass is 397 g/mol. The summed E-state index contributed by atoms with van der Waals surface area (Å²) in [6, 6.07) is 9.78. The smallest absolute Gasteiger partial charge is 0.341 e. The second-order valence-electron chi connectivity index (χ2n) is 5.59. The van der Waals surface area contributed by atoms with Gasteiger partial charge in [-0.25, -0.2) is 21.9 Å². The van der Waals surface area contributed by atoms with E-state index in [1.165, 1.54) is 14.1 Å². The number of benzene rings is 2. The Morgan fingerprint density at radius 3 is 2.26 bits per heavy atom. The first kappa shape index (κ1) is 20.7. The van der Waals surface area contributed by atoms with Crippen molar-refractivity contribution >= 4 is 16.0 Å². The van der Waals surface area contributed by atoms with E-state index in [9.17, 15) is 17.6 Å². The van der Waals surface area contributed by atoms with Crippen LogP contribution in [0.5, 0.6) is 11.5 Å². The summed E-state index contributed by atoms with van der Waals surface area (Å²) >= 11 is 0. The summed E-state index contributed by atoms with van der Waals surface area (Å²) < 4.78 is 54.5. The molecule has 0 atom stereocenters. The summed E-state index contributed by atoms with van der Waals surface area (Å²) in [6.07, 6.45) is 0. The quantitative estimate of drug-likeness (QED) is 0.502. The van der Waals surface area contributed by atoms with Crippen molar-refractivity contribution in [3.05, 3.63) is 53.8 Å². The van der Waals surface area contributed by atoms with Gasteiger partial charge in [0.15, 0.2) is 0 Å². The van der Waals surface area contributed by atoms with Crippen LogP contribution in [0.3, 0.4) is 0 Å². The zero-order chi connectivity index (χ0) is 20.0. The normalized spacial score (nSPS) is 11.3. The van der Waals surface area contributed by atoms with Crippen LogP contribution in [0.25, 0.3) is 0 Å². The summed E-state index contributed by atoms with van der Waals surface area (Å²) in [4.78, 5) is 11.9. The first-order chi connectivity index (χ1) is 12.8. The Labute approximate surface area is 157 Å². The van der Waals surface area contributed by atoms with Crippen LogP contribution >= 0.6 is 0 Å². The predicted molar refractivity (Wildman–Crippen MR) is 96.0 cm³/mol. The summed E-state index contributed by atoms with van der Waals surface area (Å²) in [7, 11) is 0.437. The predicted octanol–water partition coefficient (Wildman–Crippen LogP) is 2.32. The Balaban J connectivity index is 1.97. The molecule has 0 aliphatic carbocycles. The summed E-state index contributed by atoms with van der Waals surface area (Å²) in [5, 5.41) is 0. The van der Waals surface area contributed by atoms with Crippen molar-refractivity contribution in [1.29, 1.82) is 0 Å². The molecule has 27 heavy (non-hydrogen) atoms. The molecule has 0 saturated carbocycles. The van der Waals surface area contributed by atoms with Gasteiger partial charge < -0.3 is 14.2 Å². The van der Waals surface area contributed by atoms with Crippen molar-refractivity contribution < 1.29 is 31.8 Å². The number of hydrogen-bond donors (Lipinski definition) is 0. The van der Waals surface area contributed by atoms with Crippen LogP contribution < -0.4 is 9.47 Å². The number of nitrogens with zero attached hydrogens (tertiary/aromatic N) is 1. The van der Waals surface area contributed by atoms with E-state index in [4.69, 9.17) is 14.2 Å². The lowest BCUT2D eigenvalue weighted by Crippen LogP contribution is -2.23. The van der Waals surface area contributed by atoms with Gasteiger partial charge in [0.25, 0.3) is 0 Å². The number of carbonyl (C=O) groups is 1. The van der Waals surface area contributed by atoms with Gasteiger partial charge in [0, 0.05) is 14.1 Å². The van der Waals surface area contributed by atoms with Crippen LogP contribution in [0.4, 0.5) is 4.39 Å². The Kier molecular flexibility index (Phi) is 6.75. The number of carbonyl (C=O) groups excluding carboxylic acids is 1. The number of methoxy groups -OCH3 is 1. The minimum atomic E-state index is -3.79. The second kappa shape index (κ2) is 8.83. The molecule has 0 aromatic heterocycles. The maximum atomic E-state index is 13.9. The minimum Gasteiger partial charge on any atom is -0.497 e. The Morgan fingerprint density at radius 1 is 1.04 bits per heavy atom. The first-order valence-electron chi connectivity index (χ1n) is 7.91. The molecule has 2 aromatic rings. The molecular weight excluding hydrogens is 377 g/mol. The molecule has 0 N–H and O–H groups in total. The molecule has 0 unspecified atom stereocenters. The van der Waals surface area contributed by atoms with Crippen LogP contribution in [0.1, 0.15) is 10.4 Å². The summed E-state index contributed by atoms with van der Waals surface area (Å²) in [5.74, 6) is -0.607. The van der Waals surface area contributed by atoms with E-state index < -0.39 is 27.4 Å². The van der Waals surface area contributed by atoms with Crippen molar-refractivity contribution in [2.45, 2.75) is 4.90 Å². The molecule has 0 saturated heterocycles. The number of rotatable bonds is 8. The molecule has 9 heteroatoms. The lowest BCUT2D eigenvalue weighted by atomic mass is 10.2. The third kappa shape index (κ3) is 5.18. The van der Waals surface area contributed by atoms with Crippen molar-refractivity contribution in [3.8, 4) is 11.5 Å². The van der Waals surface area contributed by atoms with Crippen molar-refractivity contribution in [2.24, 2.45) is 0 Å². The number of hydrogen-bond acceptors (Lipinski definition) is 6. The molecule has 0 amide bonds. The highest BCUT2D eigenvalue weighted by molar-refractivity contribution is 7.89. The Hall–Kier alpha value is -2.65. The van der Waals surface area contributed by atoms with Gasteiger partial charge in [0.05, 0.1) is 17.6 Å². The van der Waals surface area contributed by atoms with Crippen LogP contribution in [-0.4, -0.2) is 53.1 Å². The molecule has 0 bridgehead atoms. The lowest BCUT2D eigenvalue weighted by molar-refractivity contribution is 0.0445. The molecule has 0 fully saturated rings. The van der Waals surface area contributed by atoms with Gasteiger partial charge >= 0.3 is 5.97 Å². The standard InChI is InChI=1S/C18H20FNO6S/c1-20(2)27(22,23)15-8-9-17(19)16(12-15)18(21)26-11-10-25-14-6-4-13(24-3)5-7-14/h4-9,12H,10-11H2,1-3H3. The zero-order valence-corrected chi connectivity index (χ0v) is 16.0. The Bertz CT molecular complexity index is 897. The number of halogens is 1. The fourth-order valence-electron chi connectivity index (χ4n) is 2.08. The van der Waals surface area contributed by atoms with Gasteiger partial charge in [0.1, 0.15) is 30.5 Å². The van der Waals surface area contributed by atoms with E-state index in [-0.39, 0.29) is 18.1 Å². The fourth-order valence-corrected chi connectivity index (χ4v) is 3.00. The van der Waals surface area contributed by atoms with E-state index in [1.807, 2.05) is 0 Å². The van der Waals surface area contributed by atoms with E-state index in [0.717, 1.165) is 22.5 Å². The molecule has 7 nitrogen and oxygen atoms in total. The fraction of sp³-hybridized carbons (Fsp3) is 0.278. The molecule has 146 valence electrons. The minimum absolute atomic E-state index is 0.0510. The highest BCUT2D eigenvalue weighted by Crippen LogP contribution is 2.19. The van der Waals surface area contributed by atoms with E-state index in [0.29, 0.717) is 11.5 Å². The molecule has 0 spiro atoms. The largest absolute Gasteiger partial charge is 0.497 e. The van der Waals surface area contributed by atoms with Gasteiger partial charge in [-0.2, -0.15) is 0 Å². The SMILES string of the molecule is COc1ccc(OCCOC(=O)c2cc(S(=O)(=O)N(C)C)ccc2F)cc1. The van der Waals surface area contributed by atoms with Crippen molar-refractivity contribution in [1.82, 2.24) is 4.31 Å².